The van der Waals surface area contributed by atoms with Gasteiger partial charge in [-0.2, -0.15) is 0 Å². The molecule has 5 heteroatoms. The molecule has 1 aliphatic rings. The number of nitrogens with two attached hydrogens (primary N) is 1. The van der Waals surface area contributed by atoms with Gasteiger partial charge in [-0.1, -0.05) is 0 Å². The number of nitrogens with zero attached hydrogens (tertiary/aromatic N) is 1. The van der Waals surface area contributed by atoms with Crippen LogP contribution in [0.25, 0.3) is 0 Å². The molecule has 1 atom stereocenters. The number of nitrogens with one attached hydrogen (secondary N) is 1. The van der Waals surface area contributed by atoms with Crippen molar-refractivity contribution in [2.24, 2.45) is 4.99 Å². The fourth-order valence-corrected chi connectivity index (χ4v) is 3.16. The Hall–Kier alpha value is -0.300. The quantitative estimate of drug-likeness (QED) is 0.619. The smallest absolute Gasteiger partial charge is 0.197 e. The molecule has 1 aromatic heterocycles. The Balaban J connectivity index is 0.000000845. The molecule has 1 aliphatic heterocycles. The van der Waals surface area contributed by atoms with Gasteiger partial charge < -0.3 is 11.1 Å². The van der Waals surface area contributed by atoms with Crippen LogP contribution in [0.1, 0.15) is 11.8 Å². The maximum Gasteiger partial charge on any atom is 0.197 e. The fourth-order valence-electron chi connectivity index (χ4n) is 1.40. The Morgan fingerprint density at radius 1 is 1.69 bits per heavy atom. The lowest BCUT2D eigenvalue weighted by Crippen LogP contribution is -2.04. The summed E-state index contributed by atoms with van der Waals surface area (Å²) in [6.07, 6.45) is 1.72. The summed E-state index contributed by atoms with van der Waals surface area (Å²) >= 11 is 0. The summed E-state index contributed by atoms with van der Waals surface area (Å²) in [6.45, 7) is 3.00. The molecule has 3 N–H and O–H groups in total. The van der Waals surface area contributed by atoms with E-state index < -0.39 is 0 Å². The van der Waals surface area contributed by atoms with Crippen molar-refractivity contribution >= 4 is 52.2 Å². The van der Waals surface area contributed by atoms with E-state index in [2.05, 4.69) is 22.6 Å². The first-order chi connectivity index (χ1) is 5.83. The van der Waals surface area contributed by atoms with Crippen LogP contribution in [0.15, 0.2) is 10.4 Å². The number of thiophene rings is 1. The van der Waals surface area contributed by atoms with Gasteiger partial charge in [0.05, 0.1) is 6.34 Å². The van der Waals surface area contributed by atoms with E-state index in [-0.39, 0.29) is 34.4 Å². The molecule has 0 aliphatic carbocycles. The van der Waals surface area contributed by atoms with Crippen molar-refractivity contribution in [2.75, 3.05) is 11.1 Å². The number of aliphatic imine (C=N–C) groups is 1. The highest BCUT2D eigenvalue weighted by atomic mass is 127. The molecule has 2 heterocycles. The lowest BCUT2D eigenvalue weighted by molar-refractivity contribution is 1.09. The highest BCUT2D eigenvalue weighted by Gasteiger charge is 2.23. The van der Waals surface area contributed by atoms with E-state index >= 15 is 0 Å². The molecule has 0 fully saturated rings. The zero-order valence-corrected chi connectivity index (χ0v) is 10.6. The number of hydrogen-bond donors (Lipinski definition) is 2. The summed E-state index contributed by atoms with van der Waals surface area (Å²) in [5, 5.41) is 5.24. The molecule has 0 radical (unpaired) electrons. The molecule has 0 amide bonds. The van der Waals surface area contributed by atoms with Gasteiger partial charge in [-0.25, -0.2) is 0 Å². The van der Waals surface area contributed by atoms with Crippen molar-refractivity contribution in [3.8, 4) is 0 Å². The van der Waals surface area contributed by atoms with Gasteiger partial charge in [0.1, 0.15) is 23.7 Å². The van der Waals surface area contributed by atoms with Crippen molar-refractivity contribution < 1.29 is 0 Å². The highest BCUT2D eigenvalue weighted by molar-refractivity contribution is 14.0. The van der Waals surface area contributed by atoms with Gasteiger partial charge in [0, 0.05) is 0 Å². The van der Waals surface area contributed by atoms with Crippen LogP contribution >= 0.6 is 34.4 Å². The summed E-state index contributed by atoms with van der Waals surface area (Å²) in [6, 6.07) is 0. The highest BCUT2D eigenvalue weighted by Crippen LogP contribution is 2.40. The average Bonchev–Trinajstić information content (AvgIpc) is 2.44. The largest absolute Gasteiger partial charge is 0.393 e. The van der Waals surface area contributed by atoms with Crippen molar-refractivity contribution in [3.63, 3.8) is 0 Å². The molecule has 2 rings (SSSR count). The first kappa shape index (κ1) is 10.8. The number of halogens is 1. The van der Waals surface area contributed by atoms with Crippen LogP contribution in [0.4, 0.5) is 11.4 Å². The molecule has 72 valence electrons. The Morgan fingerprint density at radius 2 is 2.46 bits per heavy atom. The maximum atomic E-state index is 5.84. The van der Waals surface area contributed by atoms with Crippen LogP contribution in [0, 0.1) is 0 Å². The van der Waals surface area contributed by atoms with Gasteiger partial charge in [-0.05, 0) is 17.4 Å². The average molecular weight is 310 g/mol. The molecule has 1 unspecified atom stereocenters. The number of nitrogen functional groups attached to an aromatic ring is 1. The van der Waals surface area contributed by atoms with Gasteiger partial charge in [0.15, 0.2) is 10.3 Å². The van der Waals surface area contributed by atoms with Crippen molar-refractivity contribution in [1.29, 1.82) is 0 Å². The van der Waals surface area contributed by atoms with Crippen molar-refractivity contribution in [1.82, 2.24) is 0 Å². The number of fused-ring (bicyclic) bond motifs is 1. The molecule has 1 aromatic rings. The van der Waals surface area contributed by atoms with Gasteiger partial charge in [0.25, 0.3) is 0 Å². The van der Waals surface area contributed by atoms with Crippen LogP contribution in [0.5, 0.6) is 0 Å². The van der Waals surface area contributed by atoms with Crippen LogP contribution in [0.3, 0.4) is 0 Å². The van der Waals surface area contributed by atoms with E-state index in [0.29, 0.717) is 0 Å². The number of hydrogen-bond acceptors (Lipinski definition) is 3. The normalized spacial score (nSPS) is 14.4. The summed E-state index contributed by atoms with van der Waals surface area (Å²) in [5.41, 5.74) is 7.84. The number of anilines is 2. The third-order valence-corrected chi connectivity index (χ3v) is 4.13. The zero-order valence-electron chi connectivity index (χ0n) is 7.41. The minimum absolute atomic E-state index is 0. The summed E-state index contributed by atoms with van der Waals surface area (Å²) in [5.74, 6) is 1.14. The second-order valence-electron chi connectivity index (χ2n) is 2.70. The van der Waals surface area contributed by atoms with E-state index in [0.717, 1.165) is 23.7 Å². The van der Waals surface area contributed by atoms with E-state index in [9.17, 15) is 0 Å². The zero-order chi connectivity index (χ0) is 8.55. The Kier molecular flexibility index (Phi) is 3.55. The first-order valence-electron chi connectivity index (χ1n) is 3.98. The third kappa shape index (κ3) is 1.80. The van der Waals surface area contributed by atoms with E-state index in [4.69, 9.17) is 5.73 Å². The Morgan fingerprint density at radius 3 is 3.15 bits per heavy atom. The lowest BCUT2D eigenvalue weighted by atomic mass is 10.3. The van der Waals surface area contributed by atoms with Crippen LogP contribution in [-0.4, -0.2) is 6.34 Å². The van der Waals surface area contributed by atoms with E-state index in [1.54, 1.807) is 6.34 Å². The Bertz CT molecular complexity index is 332. The fraction of sp³-hybridized carbons (Fsp3) is 0.375. The maximum absolute atomic E-state index is 5.84. The van der Waals surface area contributed by atoms with Crippen LogP contribution < -0.4 is 11.1 Å². The molecular weight excluding hydrogens is 297 g/mol. The monoisotopic (exact) mass is 310 g/mol. The molecule has 3 nitrogen and oxygen atoms in total. The molecule has 0 spiro atoms. The summed E-state index contributed by atoms with van der Waals surface area (Å²) in [4.78, 5) is 5.55. The number of aryl methyl sites for hydroxylation is 1. The first-order valence-corrected chi connectivity index (χ1v) is 5.44. The molecule has 0 saturated carbocycles. The number of rotatable bonds is 1. The minimum atomic E-state index is 0. The molecule has 0 bridgehead atoms. The second kappa shape index (κ2) is 4.28. The predicted molar refractivity (Wildman–Crippen MR) is 70.2 cm³/mol. The van der Waals surface area contributed by atoms with Gasteiger partial charge in [-0.15, -0.1) is 24.0 Å². The molecule has 0 aromatic carbocycles. The van der Waals surface area contributed by atoms with E-state index in [1.165, 1.54) is 4.88 Å². The molecule has 13 heavy (non-hydrogen) atoms. The third-order valence-electron chi connectivity index (χ3n) is 2.00. The van der Waals surface area contributed by atoms with Crippen molar-refractivity contribution in [3.05, 3.63) is 10.3 Å². The second-order valence-corrected chi connectivity index (χ2v) is 4.87. The lowest BCUT2D eigenvalue weighted by Gasteiger charge is -2.03. The van der Waals surface area contributed by atoms with Crippen LogP contribution in [0.2, 0.25) is 0 Å². The summed E-state index contributed by atoms with van der Waals surface area (Å²) in [7, 11) is 0.235. The van der Waals surface area contributed by atoms with Gasteiger partial charge in [-0.3, -0.25) is 4.99 Å². The predicted octanol–water partition coefficient (Wildman–Crippen LogP) is 2.61. The topological polar surface area (TPSA) is 50.4 Å². The Labute approximate surface area is 97.4 Å². The van der Waals surface area contributed by atoms with Crippen molar-refractivity contribution in [2.45, 2.75) is 19.2 Å². The minimum Gasteiger partial charge on any atom is -0.393 e. The van der Waals surface area contributed by atoms with E-state index in [1.807, 2.05) is 0 Å². The van der Waals surface area contributed by atoms with Gasteiger partial charge in [0.2, 0.25) is 0 Å². The SMILES string of the molecule is CC[s+]1cc(N)c2c1CN=CN2.I. The molecular formula is C8H13IN3S+. The summed E-state index contributed by atoms with van der Waals surface area (Å²) < 4.78 is 0. The van der Waals surface area contributed by atoms with Crippen LogP contribution in [-0.2, 0) is 12.3 Å². The molecule has 0 saturated heterocycles. The standard InChI is InChI=1S/C8H12N3S.HI/c1-2-12-4-6(9)8-7(12)3-10-5-11-8;/h4-5H,2-3,9H2,1H3,(H,10,11);1H/q+1;. The van der Waals surface area contributed by atoms with Gasteiger partial charge >= 0.3 is 0 Å².